The number of amides is 2. The Morgan fingerprint density at radius 3 is 2.45 bits per heavy atom. The van der Waals surface area contributed by atoms with Gasteiger partial charge in [0.1, 0.15) is 12.6 Å². The SMILES string of the molecule is CC1CCC(C(=O)Nc2ccc(C(=O)NCC(=O)O)cc2)O1. The van der Waals surface area contributed by atoms with Gasteiger partial charge in [-0.2, -0.15) is 0 Å². The normalized spacial score (nSPS) is 20.4. The summed E-state index contributed by atoms with van der Waals surface area (Å²) < 4.78 is 5.48. The number of carboxylic acid groups (broad SMARTS) is 1. The Labute approximate surface area is 127 Å². The number of rotatable bonds is 5. The van der Waals surface area contributed by atoms with Crippen LogP contribution in [-0.2, 0) is 14.3 Å². The summed E-state index contributed by atoms with van der Waals surface area (Å²) in [5, 5.41) is 13.5. The lowest BCUT2D eigenvalue weighted by atomic mass is 10.1. The first kappa shape index (κ1) is 16.0. The maximum Gasteiger partial charge on any atom is 0.322 e. The maximum atomic E-state index is 12.0. The predicted octanol–water partition coefficient (Wildman–Crippen LogP) is 1.01. The van der Waals surface area contributed by atoms with E-state index < -0.39 is 24.5 Å². The Morgan fingerprint density at radius 2 is 1.91 bits per heavy atom. The third-order valence-electron chi connectivity index (χ3n) is 3.34. The van der Waals surface area contributed by atoms with E-state index in [1.54, 1.807) is 12.1 Å². The molecule has 1 aliphatic rings. The van der Waals surface area contributed by atoms with Crippen molar-refractivity contribution in [2.45, 2.75) is 32.0 Å². The third-order valence-corrected chi connectivity index (χ3v) is 3.34. The number of carboxylic acids is 1. The van der Waals surface area contributed by atoms with E-state index in [0.717, 1.165) is 6.42 Å². The number of carbonyl (C=O) groups excluding carboxylic acids is 2. The number of benzene rings is 1. The molecule has 7 heteroatoms. The van der Waals surface area contributed by atoms with Gasteiger partial charge in [0.25, 0.3) is 11.8 Å². The molecule has 0 aliphatic carbocycles. The van der Waals surface area contributed by atoms with E-state index in [9.17, 15) is 14.4 Å². The van der Waals surface area contributed by atoms with Gasteiger partial charge in [0.2, 0.25) is 0 Å². The highest BCUT2D eigenvalue weighted by atomic mass is 16.5. The minimum Gasteiger partial charge on any atom is -0.480 e. The number of carbonyl (C=O) groups is 3. The van der Waals surface area contributed by atoms with E-state index in [0.29, 0.717) is 17.7 Å². The molecule has 1 aromatic rings. The van der Waals surface area contributed by atoms with Crippen molar-refractivity contribution in [3.8, 4) is 0 Å². The Morgan fingerprint density at radius 1 is 1.23 bits per heavy atom. The van der Waals surface area contributed by atoms with Gasteiger partial charge in [-0.15, -0.1) is 0 Å². The maximum absolute atomic E-state index is 12.0. The van der Waals surface area contributed by atoms with Crippen molar-refractivity contribution in [2.24, 2.45) is 0 Å². The number of ether oxygens (including phenoxy) is 1. The summed E-state index contributed by atoms with van der Waals surface area (Å²) in [6, 6.07) is 6.22. The zero-order valence-electron chi connectivity index (χ0n) is 12.2. The standard InChI is InChI=1S/C15H18N2O5/c1-9-2-7-12(22-9)15(21)17-11-5-3-10(4-6-11)14(20)16-8-13(18)19/h3-6,9,12H,2,7-8H2,1H3,(H,16,20)(H,17,21)(H,18,19). The van der Waals surface area contributed by atoms with Crippen LogP contribution in [0.25, 0.3) is 0 Å². The molecular weight excluding hydrogens is 288 g/mol. The summed E-state index contributed by atoms with van der Waals surface area (Å²) in [5.41, 5.74) is 0.882. The summed E-state index contributed by atoms with van der Waals surface area (Å²) in [4.78, 5) is 34.0. The monoisotopic (exact) mass is 306 g/mol. The Balaban J connectivity index is 1.90. The van der Waals surface area contributed by atoms with Gasteiger partial charge in [0, 0.05) is 11.3 Å². The summed E-state index contributed by atoms with van der Waals surface area (Å²) in [6.45, 7) is 1.49. The van der Waals surface area contributed by atoms with Gasteiger partial charge in [0.05, 0.1) is 6.10 Å². The van der Waals surface area contributed by atoms with Crippen LogP contribution in [0.4, 0.5) is 5.69 Å². The van der Waals surface area contributed by atoms with Gasteiger partial charge < -0.3 is 20.5 Å². The average Bonchev–Trinajstić information content (AvgIpc) is 2.92. The van der Waals surface area contributed by atoms with Crippen molar-refractivity contribution in [3.63, 3.8) is 0 Å². The molecule has 2 atom stereocenters. The van der Waals surface area contributed by atoms with Crippen LogP contribution >= 0.6 is 0 Å². The Hall–Kier alpha value is -2.41. The molecule has 3 N–H and O–H groups in total. The molecule has 118 valence electrons. The summed E-state index contributed by atoms with van der Waals surface area (Å²) in [6.07, 6.45) is 1.22. The van der Waals surface area contributed by atoms with Crippen LogP contribution in [0.3, 0.4) is 0 Å². The molecule has 2 rings (SSSR count). The van der Waals surface area contributed by atoms with Gasteiger partial charge in [-0.05, 0) is 44.0 Å². The molecule has 0 aromatic heterocycles. The number of hydrogen-bond donors (Lipinski definition) is 3. The van der Waals surface area contributed by atoms with Crippen LogP contribution in [0.15, 0.2) is 24.3 Å². The first-order valence-corrected chi connectivity index (χ1v) is 7.02. The minimum absolute atomic E-state index is 0.0936. The second kappa shape index (κ2) is 7.04. The van der Waals surface area contributed by atoms with Crippen LogP contribution < -0.4 is 10.6 Å². The summed E-state index contributed by atoms with van der Waals surface area (Å²) in [7, 11) is 0. The van der Waals surface area contributed by atoms with Crippen LogP contribution in [0.1, 0.15) is 30.1 Å². The zero-order chi connectivity index (χ0) is 16.1. The topological polar surface area (TPSA) is 105 Å². The van der Waals surface area contributed by atoms with Crippen LogP contribution in [0.5, 0.6) is 0 Å². The molecule has 1 aromatic carbocycles. The Bertz CT molecular complexity index is 570. The molecular formula is C15H18N2O5. The molecule has 22 heavy (non-hydrogen) atoms. The van der Waals surface area contributed by atoms with Gasteiger partial charge in [-0.3, -0.25) is 14.4 Å². The largest absolute Gasteiger partial charge is 0.480 e. The van der Waals surface area contributed by atoms with E-state index in [1.165, 1.54) is 12.1 Å². The molecule has 2 unspecified atom stereocenters. The Kier molecular flexibility index (Phi) is 5.11. The third kappa shape index (κ3) is 4.29. The predicted molar refractivity (Wildman–Crippen MR) is 78.6 cm³/mol. The molecule has 1 heterocycles. The first-order chi connectivity index (χ1) is 10.5. The van der Waals surface area contributed by atoms with Gasteiger partial charge in [0.15, 0.2) is 0 Å². The second-order valence-corrected chi connectivity index (χ2v) is 5.16. The van der Waals surface area contributed by atoms with Crippen molar-refractivity contribution in [2.75, 3.05) is 11.9 Å². The molecule has 0 radical (unpaired) electrons. The average molecular weight is 306 g/mol. The van der Waals surface area contributed by atoms with Crippen molar-refractivity contribution < 1.29 is 24.2 Å². The highest BCUT2D eigenvalue weighted by Crippen LogP contribution is 2.20. The molecule has 1 aliphatic heterocycles. The summed E-state index contributed by atoms with van der Waals surface area (Å²) in [5.74, 6) is -1.79. The lowest BCUT2D eigenvalue weighted by Crippen LogP contribution is -2.29. The highest BCUT2D eigenvalue weighted by Gasteiger charge is 2.28. The van der Waals surface area contributed by atoms with Crippen molar-refractivity contribution in [1.82, 2.24) is 5.32 Å². The minimum atomic E-state index is -1.11. The molecule has 0 saturated carbocycles. The van der Waals surface area contributed by atoms with Gasteiger partial charge in [-0.1, -0.05) is 0 Å². The fourth-order valence-corrected chi connectivity index (χ4v) is 2.18. The molecule has 0 spiro atoms. The van der Waals surface area contributed by atoms with E-state index >= 15 is 0 Å². The fourth-order valence-electron chi connectivity index (χ4n) is 2.18. The number of aliphatic carboxylic acids is 1. The van der Waals surface area contributed by atoms with E-state index in [1.807, 2.05) is 6.92 Å². The smallest absolute Gasteiger partial charge is 0.322 e. The quantitative estimate of drug-likeness (QED) is 0.753. The van der Waals surface area contributed by atoms with Gasteiger partial charge >= 0.3 is 5.97 Å². The van der Waals surface area contributed by atoms with Crippen molar-refractivity contribution in [3.05, 3.63) is 29.8 Å². The zero-order valence-corrected chi connectivity index (χ0v) is 12.2. The highest BCUT2D eigenvalue weighted by molar-refractivity contribution is 5.97. The van der Waals surface area contributed by atoms with E-state index in [4.69, 9.17) is 9.84 Å². The summed E-state index contributed by atoms with van der Waals surface area (Å²) >= 11 is 0. The molecule has 7 nitrogen and oxygen atoms in total. The van der Waals surface area contributed by atoms with E-state index in [-0.39, 0.29) is 12.0 Å². The first-order valence-electron chi connectivity index (χ1n) is 7.02. The second-order valence-electron chi connectivity index (χ2n) is 5.16. The van der Waals surface area contributed by atoms with Crippen molar-refractivity contribution >= 4 is 23.5 Å². The number of hydrogen-bond acceptors (Lipinski definition) is 4. The van der Waals surface area contributed by atoms with Crippen LogP contribution in [0, 0.1) is 0 Å². The fraction of sp³-hybridized carbons (Fsp3) is 0.400. The van der Waals surface area contributed by atoms with Crippen LogP contribution in [0.2, 0.25) is 0 Å². The van der Waals surface area contributed by atoms with E-state index in [2.05, 4.69) is 10.6 Å². The lowest BCUT2D eigenvalue weighted by Gasteiger charge is -2.12. The number of nitrogens with one attached hydrogen (secondary N) is 2. The van der Waals surface area contributed by atoms with Gasteiger partial charge in [-0.25, -0.2) is 0 Å². The molecule has 0 bridgehead atoms. The molecule has 2 amide bonds. The van der Waals surface area contributed by atoms with Crippen molar-refractivity contribution in [1.29, 1.82) is 0 Å². The molecule has 1 saturated heterocycles. The lowest BCUT2D eigenvalue weighted by molar-refractivity contribution is -0.135. The number of anilines is 1. The molecule has 1 fully saturated rings. The van der Waals surface area contributed by atoms with Crippen LogP contribution in [-0.4, -0.2) is 41.6 Å².